The summed E-state index contributed by atoms with van der Waals surface area (Å²) >= 11 is 0. The number of aliphatic hydroxyl groups excluding tert-OH is 1. The molecule has 0 spiro atoms. The Morgan fingerprint density at radius 1 is 1.35 bits per heavy atom. The highest BCUT2D eigenvalue weighted by Gasteiger charge is 2.28. The molecule has 2 amide bonds. The number of aliphatic hydroxyl groups is 1. The number of terminal acetylenes is 1. The van der Waals surface area contributed by atoms with Crippen molar-refractivity contribution in [3.63, 3.8) is 0 Å². The second-order valence-electron chi connectivity index (χ2n) is 8.39. The van der Waals surface area contributed by atoms with E-state index in [4.69, 9.17) is 6.42 Å². The third-order valence-electron chi connectivity index (χ3n) is 6.13. The van der Waals surface area contributed by atoms with Gasteiger partial charge in [-0.15, -0.1) is 6.42 Å². The number of likely N-dealkylation sites (tertiary alicyclic amines) is 1. The number of β-amino-alcohol motifs (C(OH)–C–C–N with tert-alkyl or cyclic N) is 1. The summed E-state index contributed by atoms with van der Waals surface area (Å²) in [6.45, 7) is 2.05. The van der Waals surface area contributed by atoms with Gasteiger partial charge in [-0.3, -0.25) is 14.5 Å². The van der Waals surface area contributed by atoms with Crippen molar-refractivity contribution < 1.29 is 14.7 Å². The Morgan fingerprint density at radius 3 is 2.94 bits per heavy atom. The molecule has 31 heavy (non-hydrogen) atoms. The Labute approximate surface area is 182 Å². The SMILES string of the molecule is C#Cc1cccc([C@@H](CN2CC[C@H](O)C2)N(C)C(=O)Cc2ccc3c(c2)NC(=O)C3)c1. The van der Waals surface area contributed by atoms with Crippen LogP contribution in [0, 0.1) is 12.3 Å². The molecule has 2 aromatic carbocycles. The molecule has 0 radical (unpaired) electrons. The first-order chi connectivity index (χ1) is 14.9. The highest BCUT2D eigenvalue weighted by atomic mass is 16.3. The molecule has 1 fully saturated rings. The highest BCUT2D eigenvalue weighted by Crippen LogP contribution is 2.27. The molecule has 4 rings (SSSR count). The van der Waals surface area contributed by atoms with Crippen LogP contribution in [0.5, 0.6) is 0 Å². The van der Waals surface area contributed by atoms with Gasteiger partial charge in [0.25, 0.3) is 0 Å². The standard InChI is InChI=1S/C25H27N3O3/c1-3-17-5-4-6-20(11-17)23(16-28-10-9-21(29)15-28)27(2)25(31)13-18-7-8-19-14-24(30)26-22(19)12-18/h1,4-8,11-12,21,23,29H,9-10,13-16H2,2H3,(H,26,30)/t21-,23+/m0/s1. The second-order valence-corrected chi connectivity index (χ2v) is 8.39. The summed E-state index contributed by atoms with van der Waals surface area (Å²) < 4.78 is 0. The second kappa shape index (κ2) is 8.93. The van der Waals surface area contributed by atoms with Gasteiger partial charge in [0.1, 0.15) is 0 Å². The van der Waals surface area contributed by atoms with Crippen LogP contribution in [-0.2, 0) is 22.4 Å². The van der Waals surface area contributed by atoms with Crippen molar-refractivity contribution in [1.29, 1.82) is 0 Å². The zero-order chi connectivity index (χ0) is 22.0. The number of benzene rings is 2. The van der Waals surface area contributed by atoms with Crippen LogP contribution in [0.2, 0.25) is 0 Å². The zero-order valence-corrected chi connectivity index (χ0v) is 17.7. The lowest BCUT2D eigenvalue weighted by Gasteiger charge is -2.32. The fourth-order valence-corrected chi connectivity index (χ4v) is 4.35. The molecule has 1 saturated heterocycles. The first-order valence-corrected chi connectivity index (χ1v) is 10.6. The quantitative estimate of drug-likeness (QED) is 0.705. The number of amides is 2. The molecule has 2 N–H and O–H groups in total. The Balaban J connectivity index is 1.53. The molecule has 2 aromatic rings. The topological polar surface area (TPSA) is 72.9 Å². The van der Waals surface area contributed by atoms with Crippen LogP contribution in [-0.4, -0.2) is 59.5 Å². The van der Waals surface area contributed by atoms with E-state index >= 15 is 0 Å². The highest BCUT2D eigenvalue weighted by molar-refractivity contribution is 5.99. The van der Waals surface area contributed by atoms with Crippen molar-refractivity contribution >= 4 is 17.5 Å². The van der Waals surface area contributed by atoms with E-state index in [1.807, 2.05) is 49.5 Å². The van der Waals surface area contributed by atoms with Gasteiger partial charge in [-0.05, 0) is 41.3 Å². The minimum Gasteiger partial charge on any atom is -0.392 e. The van der Waals surface area contributed by atoms with E-state index in [0.29, 0.717) is 19.5 Å². The third-order valence-corrected chi connectivity index (χ3v) is 6.13. The maximum absolute atomic E-state index is 13.2. The summed E-state index contributed by atoms with van der Waals surface area (Å²) in [7, 11) is 1.82. The molecular weight excluding hydrogens is 390 g/mol. The van der Waals surface area contributed by atoms with Crippen LogP contribution < -0.4 is 5.32 Å². The van der Waals surface area contributed by atoms with E-state index in [9.17, 15) is 14.7 Å². The summed E-state index contributed by atoms with van der Waals surface area (Å²) in [5, 5.41) is 12.8. The van der Waals surface area contributed by atoms with Gasteiger partial charge in [0.05, 0.1) is 25.0 Å². The Bertz CT molecular complexity index is 1040. The first kappa shape index (κ1) is 21.1. The van der Waals surface area contributed by atoms with Crippen molar-refractivity contribution in [3.05, 3.63) is 64.7 Å². The van der Waals surface area contributed by atoms with Gasteiger partial charge in [-0.1, -0.05) is 30.2 Å². The monoisotopic (exact) mass is 417 g/mol. The number of carbonyl (C=O) groups is 2. The van der Waals surface area contributed by atoms with Crippen molar-refractivity contribution in [1.82, 2.24) is 9.80 Å². The average molecular weight is 418 g/mol. The molecule has 2 heterocycles. The number of fused-ring (bicyclic) bond motifs is 1. The average Bonchev–Trinajstić information content (AvgIpc) is 3.35. The largest absolute Gasteiger partial charge is 0.392 e. The smallest absolute Gasteiger partial charge is 0.228 e. The maximum atomic E-state index is 13.2. The van der Waals surface area contributed by atoms with Crippen LogP contribution in [0.25, 0.3) is 0 Å². The molecule has 0 bridgehead atoms. The number of rotatable bonds is 6. The van der Waals surface area contributed by atoms with Gasteiger partial charge in [0.15, 0.2) is 0 Å². The fraction of sp³-hybridized carbons (Fsp3) is 0.360. The molecule has 2 aliphatic heterocycles. The van der Waals surface area contributed by atoms with Gasteiger partial charge >= 0.3 is 0 Å². The predicted molar refractivity (Wildman–Crippen MR) is 119 cm³/mol. The molecule has 0 saturated carbocycles. The molecule has 6 nitrogen and oxygen atoms in total. The summed E-state index contributed by atoms with van der Waals surface area (Å²) in [6, 6.07) is 13.3. The van der Waals surface area contributed by atoms with Crippen molar-refractivity contribution in [2.24, 2.45) is 0 Å². The van der Waals surface area contributed by atoms with E-state index in [1.165, 1.54) is 0 Å². The number of anilines is 1. The molecule has 0 unspecified atom stereocenters. The molecule has 0 aliphatic carbocycles. The van der Waals surface area contributed by atoms with Gasteiger partial charge in [0, 0.05) is 37.9 Å². The van der Waals surface area contributed by atoms with Crippen LogP contribution in [0.15, 0.2) is 42.5 Å². The van der Waals surface area contributed by atoms with Crippen LogP contribution in [0.3, 0.4) is 0 Å². The minimum atomic E-state index is -0.319. The number of hydrogen-bond donors (Lipinski definition) is 2. The molecule has 160 valence electrons. The van der Waals surface area contributed by atoms with E-state index in [1.54, 1.807) is 4.90 Å². The number of nitrogens with one attached hydrogen (secondary N) is 1. The number of hydrogen-bond acceptors (Lipinski definition) is 4. The lowest BCUT2D eigenvalue weighted by Crippen LogP contribution is -2.39. The lowest BCUT2D eigenvalue weighted by atomic mass is 10.0. The zero-order valence-electron chi connectivity index (χ0n) is 17.7. The maximum Gasteiger partial charge on any atom is 0.228 e. The Kier molecular flexibility index (Phi) is 6.08. The minimum absolute atomic E-state index is 0.0138. The van der Waals surface area contributed by atoms with E-state index in [0.717, 1.165) is 40.9 Å². The van der Waals surface area contributed by atoms with Crippen molar-refractivity contribution in [2.45, 2.75) is 31.4 Å². The Morgan fingerprint density at radius 2 is 2.19 bits per heavy atom. The summed E-state index contributed by atoms with van der Waals surface area (Å²) in [5.41, 5.74) is 4.38. The van der Waals surface area contributed by atoms with Gasteiger partial charge in [-0.25, -0.2) is 0 Å². The first-order valence-electron chi connectivity index (χ1n) is 10.6. The van der Waals surface area contributed by atoms with E-state index < -0.39 is 0 Å². The Hall–Kier alpha value is -3.14. The molecular formula is C25H27N3O3. The molecule has 2 aliphatic rings. The van der Waals surface area contributed by atoms with Gasteiger partial charge < -0.3 is 15.3 Å². The lowest BCUT2D eigenvalue weighted by molar-refractivity contribution is -0.131. The number of likely N-dealkylation sites (N-methyl/N-ethyl adjacent to an activating group) is 1. The summed E-state index contributed by atoms with van der Waals surface area (Å²) in [5.74, 6) is 2.64. The van der Waals surface area contributed by atoms with Crippen molar-refractivity contribution in [2.75, 3.05) is 32.0 Å². The van der Waals surface area contributed by atoms with Gasteiger partial charge in [0.2, 0.25) is 11.8 Å². The van der Waals surface area contributed by atoms with Crippen molar-refractivity contribution in [3.8, 4) is 12.3 Å². The molecule has 6 heteroatoms. The van der Waals surface area contributed by atoms with E-state index in [-0.39, 0.29) is 30.4 Å². The van der Waals surface area contributed by atoms with Crippen LogP contribution >= 0.6 is 0 Å². The number of carbonyl (C=O) groups excluding carboxylic acids is 2. The molecule has 0 aromatic heterocycles. The third kappa shape index (κ3) is 4.79. The van der Waals surface area contributed by atoms with Crippen LogP contribution in [0.4, 0.5) is 5.69 Å². The number of nitrogens with zero attached hydrogens (tertiary/aromatic N) is 2. The van der Waals surface area contributed by atoms with Crippen LogP contribution in [0.1, 0.15) is 34.7 Å². The fourth-order valence-electron chi connectivity index (χ4n) is 4.35. The van der Waals surface area contributed by atoms with Gasteiger partial charge in [-0.2, -0.15) is 0 Å². The summed E-state index contributed by atoms with van der Waals surface area (Å²) in [6.07, 6.45) is 6.65. The predicted octanol–water partition coefficient (Wildman–Crippen LogP) is 1.97. The normalized spacial score (nSPS) is 18.9. The molecule has 2 atom stereocenters. The summed E-state index contributed by atoms with van der Waals surface area (Å²) in [4.78, 5) is 28.8. The van der Waals surface area contributed by atoms with E-state index in [2.05, 4.69) is 16.1 Å².